The van der Waals surface area contributed by atoms with Crippen molar-refractivity contribution in [3.63, 3.8) is 0 Å². The molecule has 1 atom stereocenters. The maximum atomic E-state index is 13.0. The molecule has 4 rings (SSSR count). The Morgan fingerprint density at radius 1 is 1.15 bits per heavy atom. The molecule has 8 heteroatoms. The van der Waals surface area contributed by atoms with Crippen molar-refractivity contribution in [1.82, 2.24) is 9.97 Å². The van der Waals surface area contributed by atoms with Gasteiger partial charge >= 0.3 is 0 Å². The zero-order valence-corrected chi connectivity index (χ0v) is 15.8. The summed E-state index contributed by atoms with van der Waals surface area (Å²) < 4.78 is 0. The molecule has 7 nitrogen and oxygen atoms in total. The lowest BCUT2D eigenvalue weighted by molar-refractivity contribution is -0.915. The molecular weight excluding hydrogens is 366 g/mol. The fraction of sp³-hybridized carbons (Fsp3) is 0.368. The standard InChI is InChI=1S/C19H20ClN5O2/c1-13-3-4-14(11-15(13)20)25-17(26)12-16(18(25)27)23-7-9-24(10-8-23)19-21-5-2-6-22-19/h2-6,11,16H,7-10,12H2,1H3/p+1/t16-/m0/s1. The van der Waals surface area contributed by atoms with E-state index in [9.17, 15) is 9.59 Å². The van der Waals surface area contributed by atoms with E-state index >= 15 is 0 Å². The van der Waals surface area contributed by atoms with Gasteiger partial charge < -0.3 is 9.80 Å². The summed E-state index contributed by atoms with van der Waals surface area (Å²) in [6, 6.07) is 6.75. The number of nitrogens with zero attached hydrogens (tertiary/aromatic N) is 4. The van der Waals surface area contributed by atoms with Crippen LogP contribution >= 0.6 is 11.6 Å². The largest absolute Gasteiger partial charge is 0.330 e. The van der Waals surface area contributed by atoms with Crippen molar-refractivity contribution in [1.29, 1.82) is 0 Å². The first kappa shape index (κ1) is 17.9. The summed E-state index contributed by atoms with van der Waals surface area (Å²) in [6.07, 6.45) is 3.69. The molecule has 27 heavy (non-hydrogen) atoms. The molecule has 2 amide bonds. The Balaban J connectivity index is 1.45. The number of anilines is 2. The molecule has 140 valence electrons. The van der Waals surface area contributed by atoms with Crippen molar-refractivity contribution in [3.05, 3.63) is 47.2 Å². The van der Waals surface area contributed by atoms with Gasteiger partial charge in [-0.15, -0.1) is 0 Å². The fourth-order valence-corrected chi connectivity index (χ4v) is 3.91. The highest BCUT2D eigenvalue weighted by molar-refractivity contribution is 6.32. The minimum absolute atomic E-state index is 0.140. The first-order valence-corrected chi connectivity index (χ1v) is 9.42. The number of halogens is 1. The van der Waals surface area contributed by atoms with Gasteiger partial charge in [-0.1, -0.05) is 17.7 Å². The van der Waals surface area contributed by atoms with Crippen molar-refractivity contribution >= 4 is 35.1 Å². The molecule has 2 aliphatic rings. The maximum absolute atomic E-state index is 13.0. The smallest absolute Gasteiger partial charge is 0.292 e. The predicted octanol–water partition coefficient (Wildman–Crippen LogP) is 0.475. The van der Waals surface area contributed by atoms with Crippen LogP contribution in [0.3, 0.4) is 0 Å². The Bertz CT molecular complexity index is 868. The third-order valence-corrected chi connectivity index (χ3v) is 5.70. The monoisotopic (exact) mass is 386 g/mol. The normalized spacial score (nSPS) is 21.2. The van der Waals surface area contributed by atoms with Gasteiger partial charge in [-0.05, 0) is 30.7 Å². The van der Waals surface area contributed by atoms with Gasteiger partial charge in [0.05, 0.1) is 38.3 Å². The summed E-state index contributed by atoms with van der Waals surface area (Å²) in [4.78, 5) is 38.6. The Morgan fingerprint density at radius 3 is 2.52 bits per heavy atom. The number of aromatic nitrogens is 2. The number of amides is 2. The second-order valence-corrected chi connectivity index (χ2v) is 7.36. The lowest BCUT2D eigenvalue weighted by Crippen LogP contribution is -3.19. The molecule has 0 unspecified atom stereocenters. The van der Waals surface area contributed by atoms with Crippen molar-refractivity contribution in [2.45, 2.75) is 19.4 Å². The van der Waals surface area contributed by atoms with Crippen LogP contribution in [0.1, 0.15) is 12.0 Å². The average molecular weight is 387 g/mol. The summed E-state index contributed by atoms with van der Waals surface area (Å²) >= 11 is 6.18. The van der Waals surface area contributed by atoms with E-state index in [0.717, 1.165) is 36.6 Å². The lowest BCUT2D eigenvalue weighted by Gasteiger charge is -2.34. The van der Waals surface area contributed by atoms with Crippen LogP contribution in [0.2, 0.25) is 5.02 Å². The minimum atomic E-state index is -0.337. The number of aryl methyl sites for hydroxylation is 1. The Morgan fingerprint density at radius 2 is 1.85 bits per heavy atom. The van der Waals surface area contributed by atoms with Gasteiger partial charge in [0, 0.05) is 17.4 Å². The first-order chi connectivity index (χ1) is 13.0. The van der Waals surface area contributed by atoms with Crippen molar-refractivity contribution in [2.75, 3.05) is 36.0 Å². The van der Waals surface area contributed by atoms with E-state index in [4.69, 9.17) is 11.6 Å². The molecule has 2 saturated heterocycles. The highest BCUT2D eigenvalue weighted by Crippen LogP contribution is 2.27. The molecule has 0 radical (unpaired) electrons. The van der Waals surface area contributed by atoms with Crippen molar-refractivity contribution in [2.24, 2.45) is 0 Å². The zero-order valence-electron chi connectivity index (χ0n) is 15.1. The Kier molecular flexibility index (Phi) is 4.80. The topological polar surface area (TPSA) is 70.8 Å². The summed E-state index contributed by atoms with van der Waals surface area (Å²) in [7, 11) is 0. The van der Waals surface area contributed by atoms with E-state index < -0.39 is 0 Å². The molecule has 0 spiro atoms. The van der Waals surface area contributed by atoms with Crippen LogP contribution in [0.25, 0.3) is 0 Å². The van der Waals surface area contributed by atoms with E-state index in [2.05, 4.69) is 14.9 Å². The van der Waals surface area contributed by atoms with Crippen LogP contribution in [0.15, 0.2) is 36.7 Å². The van der Waals surface area contributed by atoms with Crippen LogP contribution in [-0.4, -0.2) is 54.0 Å². The van der Waals surface area contributed by atoms with Crippen molar-refractivity contribution in [3.8, 4) is 0 Å². The third-order valence-electron chi connectivity index (χ3n) is 5.29. The third kappa shape index (κ3) is 3.40. The van der Waals surface area contributed by atoms with E-state index in [1.165, 1.54) is 4.90 Å². The molecule has 2 aliphatic heterocycles. The van der Waals surface area contributed by atoms with Crippen LogP contribution < -0.4 is 14.7 Å². The maximum Gasteiger partial charge on any atom is 0.292 e. The Hall–Kier alpha value is -2.51. The number of hydrogen-bond acceptors (Lipinski definition) is 5. The predicted molar refractivity (Wildman–Crippen MR) is 102 cm³/mol. The highest BCUT2D eigenvalue weighted by atomic mass is 35.5. The number of carbonyl (C=O) groups excluding carboxylic acids is 2. The molecule has 2 fully saturated rings. The molecule has 2 aromatic rings. The summed E-state index contributed by atoms with van der Waals surface area (Å²) in [6.45, 7) is 4.94. The van der Waals surface area contributed by atoms with Gasteiger partial charge in [0.25, 0.3) is 5.91 Å². The Labute approximate surface area is 162 Å². The number of benzene rings is 1. The summed E-state index contributed by atoms with van der Waals surface area (Å²) in [5, 5.41) is 0.556. The van der Waals surface area contributed by atoms with Crippen molar-refractivity contribution < 1.29 is 14.5 Å². The molecule has 1 aromatic carbocycles. The number of imide groups is 1. The van der Waals surface area contributed by atoms with Gasteiger partial charge in [0.1, 0.15) is 0 Å². The number of quaternary nitrogens is 1. The molecule has 0 saturated carbocycles. The summed E-state index contributed by atoms with van der Waals surface area (Å²) in [5.41, 5.74) is 1.47. The van der Waals surface area contributed by atoms with Crippen LogP contribution in [0.4, 0.5) is 11.6 Å². The lowest BCUT2D eigenvalue weighted by atomic mass is 10.1. The van der Waals surface area contributed by atoms with Crippen LogP contribution in [0.5, 0.6) is 0 Å². The van der Waals surface area contributed by atoms with Gasteiger partial charge in [-0.2, -0.15) is 0 Å². The highest BCUT2D eigenvalue weighted by Gasteiger charge is 2.46. The van der Waals surface area contributed by atoms with Crippen LogP contribution in [-0.2, 0) is 9.59 Å². The number of carbonyl (C=O) groups is 2. The fourth-order valence-electron chi connectivity index (χ4n) is 3.74. The minimum Gasteiger partial charge on any atom is -0.330 e. The second-order valence-electron chi connectivity index (χ2n) is 6.95. The van der Waals surface area contributed by atoms with Gasteiger partial charge in [0.2, 0.25) is 11.9 Å². The second kappa shape index (κ2) is 7.25. The number of nitrogens with one attached hydrogen (secondary N) is 1. The molecule has 0 bridgehead atoms. The van der Waals surface area contributed by atoms with Gasteiger partial charge in [-0.25, -0.2) is 14.9 Å². The molecule has 0 aliphatic carbocycles. The van der Waals surface area contributed by atoms with E-state index in [0.29, 0.717) is 16.7 Å². The quantitative estimate of drug-likeness (QED) is 0.777. The van der Waals surface area contributed by atoms with Gasteiger partial charge in [-0.3, -0.25) is 9.59 Å². The van der Waals surface area contributed by atoms with E-state index in [1.807, 2.05) is 13.0 Å². The number of rotatable bonds is 3. The molecule has 1 aromatic heterocycles. The van der Waals surface area contributed by atoms with E-state index in [1.54, 1.807) is 30.6 Å². The van der Waals surface area contributed by atoms with Gasteiger partial charge in [0.15, 0.2) is 6.04 Å². The average Bonchev–Trinajstić information content (AvgIpc) is 2.99. The molecular formula is C19H21ClN5O2+. The number of hydrogen-bond donors (Lipinski definition) is 1. The number of piperazine rings is 1. The molecule has 1 N–H and O–H groups in total. The summed E-state index contributed by atoms with van der Waals surface area (Å²) in [5.74, 6) is 0.409. The SMILES string of the molecule is Cc1ccc(N2C(=O)C[C@H]([NH+]3CCN(c4ncccn4)CC3)C2=O)cc1Cl. The zero-order chi connectivity index (χ0) is 19.0. The van der Waals surface area contributed by atoms with Crippen LogP contribution in [0, 0.1) is 6.92 Å². The first-order valence-electron chi connectivity index (χ1n) is 9.04. The molecule has 3 heterocycles. The van der Waals surface area contributed by atoms with E-state index in [-0.39, 0.29) is 24.3 Å².